The zero-order chi connectivity index (χ0) is 17.9. The fraction of sp³-hybridized carbons (Fsp3) is 0.500. The highest BCUT2D eigenvalue weighted by molar-refractivity contribution is 5.73. The van der Waals surface area contributed by atoms with Gasteiger partial charge in [-0.15, -0.1) is 0 Å². The molecule has 0 aliphatic carbocycles. The molecule has 0 saturated carbocycles. The van der Waals surface area contributed by atoms with Crippen molar-refractivity contribution in [3.05, 3.63) is 29.5 Å². The van der Waals surface area contributed by atoms with Crippen molar-refractivity contribution in [3.63, 3.8) is 0 Å². The number of rotatable bonds is 5. The molecule has 0 unspecified atom stereocenters. The number of carbonyl (C=O) groups is 1. The Morgan fingerprint density at radius 3 is 2.46 bits per heavy atom. The van der Waals surface area contributed by atoms with Crippen LogP contribution in [-0.4, -0.2) is 63.7 Å². The van der Waals surface area contributed by atoms with Gasteiger partial charge in [0.05, 0.1) is 12.3 Å². The van der Waals surface area contributed by atoms with Crippen LogP contribution >= 0.6 is 0 Å². The number of aliphatic hydroxyl groups is 3. The first-order valence-electron chi connectivity index (χ1n) is 7.16. The number of carbonyl (C=O) groups excluding carboxylic acids is 1. The lowest BCUT2D eigenvalue weighted by molar-refractivity contribution is -0.244. The second kappa shape index (κ2) is 7.75. The smallest absolute Gasteiger partial charge is 0.223 e. The van der Waals surface area contributed by atoms with Gasteiger partial charge in [-0.2, -0.15) is 0 Å². The molecule has 0 bridgehead atoms. The van der Waals surface area contributed by atoms with E-state index in [1.807, 2.05) is 0 Å². The third kappa shape index (κ3) is 4.12. The Hall–Kier alpha value is -1.95. The van der Waals surface area contributed by atoms with Gasteiger partial charge in [-0.25, -0.2) is 0 Å². The molecule has 0 spiro atoms. The van der Waals surface area contributed by atoms with Gasteiger partial charge in [-0.1, -0.05) is 0 Å². The Kier molecular flexibility index (Phi) is 5.94. The first kappa shape index (κ1) is 18.4. The molecule has 5 atom stereocenters. The summed E-state index contributed by atoms with van der Waals surface area (Å²) >= 11 is 0. The molecule has 1 heterocycles. The van der Waals surface area contributed by atoms with Gasteiger partial charge < -0.3 is 40.5 Å². The molecule has 10 heteroatoms. The molecule has 0 aromatic heterocycles. The van der Waals surface area contributed by atoms with E-state index in [2.05, 4.69) is 5.32 Å². The topological polar surface area (TPSA) is 155 Å². The molecular formula is C14H19N2O8-. The van der Waals surface area contributed by atoms with E-state index in [0.29, 0.717) is 0 Å². The predicted molar refractivity (Wildman–Crippen MR) is 80.1 cm³/mol. The first-order valence-corrected chi connectivity index (χ1v) is 7.16. The van der Waals surface area contributed by atoms with Crippen molar-refractivity contribution in [2.75, 3.05) is 11.8 Å². The lowest BCUT2D eigenvalue weighted by Crippen LogP contribution is -2.65. The molecule has 1 saturated heterocycles. The van der Waals surface area contributed by atoms with Gasteiger partial charge in [0.25, 0.3) is 0 Å². The van der Waals surface area contributed by atoms with Crippen molar-refractivity contribution in [2.24, 2.45) is 0 Å². The third-order valence-electron chi connectivity index (χ3n) is 3.56. The van der Waals surface area contributed by atoms with Crippen molar-refractivity contribution in [1.82, 2.24) is 5.32 Å². The minimum absolute atomic E-state index is 0.0194. The molecule has 1 fully saturated rings. The number of nitrogens with zero attached hydrogens (tertiary/aromatic N) is 1. The number of ether oxygens (including phenoxy) is 2. The fourth-order valence-electron chi connectivity index (χ4n) is 2.36. The summed E-state index contributed by atoms with van der Waals surface area (Å²) in [5.74, 6) is -0.246. The van der Waals surface area contributed by atoms with Crippen molar-refractivity contribution < 1.29 is 34.8 Å². The van der Waals surface area contributed by atoms with Crippen LogP contribution in [0.3, 0.4) is 0 Å². The monoisotopic (exact) mass is 343 g/mol. The summed E-state index contributed by atoms with van der Waals surface area (Å²) in [6.07, 6.45) is -5.10. The van der Waals surface area contributed by atoms with Gasteiger partial charge in [0, 0.05) is 6.92 Å². The van der Waals surface area contributed by atoms with Crippen molar-refractivity contribution in [1.29, 1.82) is 0 Å². The lowest BCUT2D eigenvalue weighted by atomic mass is 9.97. The number of hydrogen-bond acceptors (Lipinski definition) is 9. The van der Waals surface area contributed by atoms with Crippen LogP contribution in [0.2, 0.25) is 0 Å². The maximum Gasteiger partial charge on any atom is 0.223 e. The summed E-state index contributed by atoms with van der Waals surface area (Å²) in [5.41, 5.74) is -0.0194. The lowest BCUT2D eigenvalue weighted by Gasteiger charge is -2.42. The standard InChI is InChI=1S/C14H19N2O8/c1-7(18)15-11-13(20)12(19)10(6-17)24-14(11)23-9-4-2-8(3-5-9)16(21)22/h2-5,10-14,17,19-21H,6H2,1H3,(H,15,18)/q-1/t10-,11-,12-,13-,14-/m0/s1. The fourth-order valence-corrected chi connectivity index (χ4v) is 2.36. The van der Waals surface area contributed by atoms with Gasteiger partial charge in [0.1, 0.15) is 30.1 Å². The van der Waals surface area contributed by atoms with Crippen LogP contribution in [-0.2, 0) is 9.53 Å². The normalized spacial score (nSPS) is 29.8. The van der Waals surface area contributed by atoms with Crippen LogP contribution in [0.25, 0.3) is 0 Å². The van der Waals surface area contributed by atoms with Gasteiger partial charge in [0.15, 0.2) is 0 Å². The second-order valence-electron chi connectivity index (χ2n) is 5.32. The summed E-state index contributed by atoms with van der Waals surface area (Å²) in [6, 6.07) is 4.24. The van der Waals surface area contributed by atoms with E-state index in [-0.39, 0.29) is 16.7 Å². The van der Waals surface area contributed by atoms with E-state index in [1.54, 1.807) is 0 Å². The number of anilines is 1. The van der Waals surface area contributed by atoms with E-state index < -0.39 is 43.2 Å². The average molecular weight is 343 g/mol. The zero-order valence-electron chi connectivity index (χ0n) is 12.8. The van der Waals surface area contributed by atoms with Crippen molar-refractivity contribution in [2.45, 2.75) is 37.6 Å². The molecule has 1 aliphatic rings. The molecule has 5 N–H and O–H groups in total. The minimum atomic E-state index is -1.42. The summed E-state index contributed by atoms with van der Waals surface area (Å²) in [4.78, 5) is 11.3. The highest BCUT2D eigenvalue weighted by Gasteiger charge is 2.46. The maximum absolute atomic E-state index is 11.3. The van der Waals surface area contributed by atoms with E-state index in [1.165, 1.54) is 31.2 Å². The molecule has 24 heavy (non-hydrogen) atoms. The number of nitrogens with one attached hydrogen (secondary N) is 1. The Labute approximate surface area is 137 Å². The average Bonchev–Trinajstić information content (AvgIpc) is 2.54. The molecule has 2 rings (SSSR count). The molecule has 134 valence electrons. The van der Waals surface area contributed by atoms with Crippen LogP contribution in [0.1, 0.15) is 6.92 Å². The van der Waals surface area contributed by atoms with E-state index in [0.717, 1.165) is 0 Å². The summed E-state index contributed by atoms with van der Waals surface area (Å²) in [6.45, 7) is 0.673. The van der Waals surface area contributed by atoms with Crippen LogP contribution < -0.4 is 15.3 Å². The van der Waals surface area contributed by atoms with Gasteiger partial charge in [0.2, 0.25) is 12.2 Å². The number of benzene rings is 1. The molecule has 1 aliphatic heterocycles. The quantitative estimate of drug-likeness (QED) is 0.410. The van der Waals surface area contributed by atoms with Crippen molar-refractivity contribution in [3.8, 4) is 5.75 Å². The van der Waals surface area contributed by atoms with Gasteiger partial charge in [-0.3, -0.25) is 10.0 Å². The minimum Gasteiger partial charge on any atom is -0.733 e. The molecule has 1 aromatic carbocycles. The number of hydrogen-bond donors (Lipinski definition) is 5. The summed E-state index contributed by atoms with van der Waals surface area (Å²) in [7, 11) is 0. The largest absolute Gasteiger partial charge is 0.733 e. The SMILES string of the molecule is CC(=O)N[C@@H]1[C@@H](Oc2ccc(N([O-])O)cc2)O[C@@H](CO)[C@H](O)[C@H]1O. The molecular weight excluding hydrogens is 324 g/mol. The Morgan fingerprint density at radius 2 is 1.96 bits per heavy atom. The van der Waals surface area contributed by atoms with E-state index in [9.17, 15) is 25.3 Å². The van der Waals surface area contributed by atoms with Crippen molar-refractivity contribution >= 4 is 11.6 Å². The Morgan fingerprint density at radius 1 is 1.33 bits per heavy atom. The Bertz CT molecular complexity index is 552. The number of aliphatic hydroxyl groups excluding tert-OH is 3. The highest BCUT2D eigenvalue weighted by Crippen LogP contribution is 2.25. The maximum atomic E-state index is 11.3. The summed E-state index contributed by atoms with van der Waals surface area (Å²) < 4.78 is 10.9. The van der Waals surface area contributed by atoms with E-state index >= 15 is 0 Å². The van der Waals surface area contributed by atoms with Crippen LogP contribution in [0.15, 0.2) is 24.3 Å². The Balaban J connectivity index is 2.17. The molecule has 0 radical (unpaired) electrons. The summed E-state index contributed by atoms with van der Waals surface area (Å²) in [5, 5.41) is 50.9. The molecule has 1 amide bonds. The van der Waals surface area contributed by atoms with Crippen LogP contribution in [0.5, 0.6) is 5.75 Å². The highest BCUT2D eigenvalue weighted by atomic mass is 16.8. The van der Waals surface area contributed by atoms with Gasteiger partial charge >= 0.3 is 0 Å². The van der Waals surface area contributed by atoms with Crippen LogP contribution in [0, 0.1) is 5.21 Å². The molecule has 1 aromatic rings. The molecule has 10 nitrogen and oxygen atoms in total. The van der Waals surface area contributed by atoms with Gasteiger partial charge in [-0.05, 0) is 24.3 Å². The predicted octanol–water partition coefficient (Wildman–Crippen LogP) is -1.30. The van der Waals surface area contributed by atoms with E-state index in [4.69, 9.17) is 14.7 Å². The third-order valence-corrected chi connectivity index (χ3v) is 3.56. The first-order chi connectivity index (χ1) is 11.3. The second-order valence-corrected chi connectivity index (χ2v) is 5.32. The zero-order valence-corrected chi connectivity index (χ0v) is 12.8. The van der Waals surface area contributed by atoms with Crippen LogP contribution in [0.4, 0.5) is 5.69 Å². The number of amides is 1.